The first-order valence-corrected chi connectivity index (χ1v) is 10.00. The number of thiazole rings is 1. The van der Waals surface area contributed by atoms with E-state index in [0.29, 0.717) is 10.2 Å². The first-order valence-electron chi connectivity index (χ1n) is 7.36. The summed E-state index contributed by atoms with van der Waals surface area (Å²) in [5, 5.41) is 3.66. The fourth-order valence-electron chi connectivity index (χ4n) is 2.48. The number of rotatable bonds is 5. The van der Waals surface area contributed by atoms with E-state index in [-0.39, 0.29) is 11.4 Å². The normalized spacial score (nSPS) is 14.0. The molecular weight excluding hydrogens is 370 g/mol. The summed E-state index contributed by atoms with van der Waals surface area (Å²) in [7, 11) is -2.38. The van der Waals surface area contributed by atoms with E-state index in [0.717, 1.165) is 29.3 Å². The zero-order chi connectivity index (χ0) is 17.3. The van der Waals surface area contributed by atoms with E-state index >= 15 is 0 Å². The number of fused-ring (bicyclic) bond motifs is 1. The van der Waals surface area contributed by atoms with Crippen LogP contribution in [0.5, 0.6) is 0 Å². The molecule has 1 amide bonds. The highest BCUT2D eigenvalue weighted by atomic mass is 35.5. The largest absolute Gasteiger partial charge is 0.301 e. The van der Waals surface area contributed by atoms with Gasteiger partial charge in [0.25, 0.3) is 0 Å². The maximum Gasteiger partial charge on any atom is 0.243 e. The summed E-state index contributed by atoms with van der Waals surface area (Å²) in [6.45, 7) is -0.283. The standard InChI is InChI=1S/C15H16ClN3O3S2/c1-19(24(21,22)11-7-5-10(16)6-8-11)9-14(20)18-15-17-12-3-2-4-13(12)23-15/h5-8H,2-4,9H2,1H3,(H,17,18,20). The highest BCUT2D eigenvalue weighted by Crippen LogP contribution is 2.30. The summed E-state index contributed by atoms with van der Waals surface area (Å²) < 4.78 is 25.9. The Morgan fingerprint density at radius 2 is 2.04 bits per heavy atom. The number of hydrogen-bond donors (Lipinski definition) is 1. The summed E-state index contributed by atoms with van der Waals surface area (Å²) in [5.41, 5.74) is 1.04. The average molecular weight is 386 g/mol. The molecule has 0 saturated heterocycles. The molecule has 0 radical (unpaired) electrons. The van der Waals surface area contributed by atoms with Gasteiger partial charge in [-0.05, 0) is 43.5 Å². The van der Waals surface area contributed by atoms with E-state index < -0.39 is 15.9 Å². The van der Waals surface area contributed by atoms with E-state index in [1.165, 1.54) is 47.5 Å². The Kier molecular flexibility index (Phi) is 4.91. The number of aromatic nitrogens is 1. The van der Waals surface area contributed by atoms with Gasteiger partial charge in [0.15, 0.2) is 5.13 Å². The molecule has 1 heterocycles. The molecule has 1 aromatic heterocycles. The number of anilines is 1. The van der Waals surface area contributed by atoms with Crippen molar-refractivity contribution in [2.24, 2.45) is 0 Å². The third-order valence-electron chi connectivity index (χ3n) is 3.73. The van der Waals surface area contributed by atoms with Gasteiger partial charge in [-0.2, -0.15) is 4.31 Å². The number of nitrogens with zero attached hydrogens (tertiary/aromatic N) is 2. The Balaban J connectivity index is 1.65. The van der Waals surface area contributed by atoms with Crippen molar-refractivity contribution in [3.05, 3.63) is 39.9 Å². The SMILES string of the molecule is CN(CC(=O)Nc1nc2c(s1)CCC2)S(=O)(=O)c1ccc(Cl)cc1. The molecule has 0 atom stereocenters. The van der Waals surface area contributed by atoms with Gasteiger partial charge in [0, 0.05) is 16.9 Å². The van der Waals surface area contributed by atoms with E-state index in [9.17, 15) is 13.2 Å². The van der Waals surface area contributed by atoms with Crippen LogP contribution in [0.1, 0.15) is 17.0 Å². The third-order valence-corrected chi connectivity index (χ3v) is 6.87. The number of aryl methyl sites for hydroxylation is 2. The number of carbonyl (C=O) groups excluding carboxylic acids is 1. The molecule has 6 nitrogen and oxygen atoms in total. The van der Waals surface area contributed by atoms with Crippen LogP contribution in [0, 0.1) is 0 Å². The van der Waals surface area contributed by atoms with Crippen LogP contribution in [0.3, 0.4) is 0 Å². The number of sulfonamides is 1. The summed E-state index contributed by atoms with van der Waals surface area (Å²) in [6.07, 6.45) is 3.03. The van der Waals surface area contributed by atoms with Crippen LogP contribution in [0.4, 0.5) is 5.13 Å². The molecule has 0 aliphatic heterocycles. The number of likely N-dealkylation sites (N-methyl/N-ethyl adjacent to an activating group) is 1. The van der Waals surface area contributed by atoms with Gasteiger partial charge in [0.1, 0.15) is 0 Å². The van der Waals surface area contributed by atoms with Gasteiger partial charge in [-0.3, -0.25) is 4.79 Å². The first kappa shape index (κ1) is 17.3. The number of carbonyl (C=O) groups is 1. The lowest BCUT2D eigenvalue weighted by atomic mass is 10.4. The maximum absolute atomic E-state index is 12.4. The van der Waals surface area contributed by atoms with E-state index in [1.807, 2.05) is 0 Å². The second-order valence-electron chi connectivity index (χ2n) is 5.51. The van der Waals surface area contributed by atoms with Crippen LogP contribution in [0.2, 0.25) is 5.02 Å². The molecule has 0 bridgehead atoms. The molecule has 0 unspecified atom stereocenters. The number of benzene rings is 1. The molecule has 0 saturated carbocycles. The topological polar surface area (TPSA) is 79.4 Å². The van der Waals surface area contributed by atoms with Crippen LogP contribution in [-0.2, 0) is 27.7 Å². The van der Waals surface area contributed by atoms with E-state index in [4.69, 9.17) is 11.6 Å². The molecule has 3 rings (SSSR count). The maximum atomic E-state index is 12.4. The number of halogens is 1. The molecule has 24 heavy (non-hydrogen) atoms. The fourth-order valence-corrected chi connectivity index (χ4v) is 4.80. The molecule has 1 aliphatic rings. The lowest BCUT2D eigenvalue weighted by Gasteiger charge is -2.16. The van der Waals surface area contributed by atoms with Crippen molar-refractivity contribution in [2.75, 3.05) is 18.9 Å². The van der Waals surface area contributed by atoms with E-state index in [1.54, 1.807) is 0 Å². The molecule has 1 aliphatic carbocycles. The van der Waals surface area contributed by atoms with Crippen molar-refractivity contribution < 1.29 is 13.2 Å². The number of amides is 1. The molecule has 9 heteroatoms. The monoisotopic (exact) mass is 385 g/mol. The molecule has 1 aromatic carbocycles. The predicted molar refractivity (Wildman–Crippen MR) is 94.0 cm³/mol. The van der Waals surface area contributed by atoms with Crippen LogP contribution in [0.25, 0.3) is 0 Å². The molecular formula is C15H16ClN3O3S2. The number of nitrogens with one attached hydrogen (secondary N) is 1. The van der Waals surface area contributed by atoms with Gasteiger partial charge in [-0.15, -0.1) is 11.3 Å². The minimum absolute atomic E-state index is 0.0930. The Hall–Kier alpha value is -1.48. The minimum atomic E-state index is -3.74. The predicted octanol–water partition coefficient (Wildman–Crippen LogP) is 2.54. The van der Waals surface area contributed by atoms with Crippen LogP contribution in [0.15, 0.2) is 29.2 Å². The lowest BCUT2D eigenvalue weighted by Crippen LogP contribution is -2.34. The van der Waals surface area contributed by atoms with Gasteiger partial charge in [-0.25, -0.2) is 13.4 Å². The van der Waals surface area contributed by atoms with Crippen LogP contribution in [-0.4, -0.2) is 37.2 Å². The minimum Gasteiger partial charge on any atom is -0.301 e. The lowest BCUT2D eigenvalue weighted by molar-refractivity contribution is -0.116. The second kappa shape index (κ2) is 6.79. The van der Waals surface area contributed by atoms with Crippen LogP contribution < -0.4 is 5.32 Å². The van der Waals surface area contributed by atoms with Gasteiger partial charge in [0.2, 0.25) is 15.9 Å². The first-order chi connectivity index (χ1) is 11.4. The van der Waals surface area contributed by atoms with Crippen molar-refractivity contribution in [1.82, 2.24) is 9.29 Å². The highest BCUT2D eigenvalue weighted by molar-refractivity contribution is 7.89. The zero-order valence-corrected chi connectivity index (χ0v) is 15.3. The van der Waals surface area contributed by atoms with Crippen molar-refractivity contribution in [1.29, 1.82) is 0 Å². The van der Waals surface area contributed by atoms with Gasteiger partial charge >= 0.3 is 0 Å². The zero-order valence-electron chi connectivity index (χ0n) is 13.0. The summed E-state index contributed by atoms with van der Waals surface area (Å²) in [4.78, 5) is 17.8. The van der Waals surface area contributed by atoms with Crippen molar-refractivity contribution >= 4 is 44.0 Å². The molecule has 128 valence electrons. The van der Waals surface area contributed by atoms with Gasteiger partial charge in [0.05, 0.1) is 17.1 Å². The molecule has 1 N–H and O–H groups in total. The van der Waals surface area contributed by atoms with Gasteiger partial charge in [-0.1, -0.05) is 11.6 Å². The Bertz CT molecular complexity index is 841. The third kappa shape index (κ3) is 3.61. The fraction of sp³-hybridized carbons (Fsp3) is 0.333. The Morgan fingerprint density at radius 3 is 2.71 bits per heavy atom. The molecule has 2 aromatic rings. The van der Waals surface area contributed by atoms with Gasteiger partial charge < -0.3 is 5.32 Å². The molecule has 0 spiro atoms. The van der Waals surface area contributed by atoms with Crippen LogP contribution >= 0.6 is 22.9 Å². The quantitative estimate of drug-likeness (QED) is 0.857. The summed E-state index contributed by atoms with van der Waals surface area (Å²) >= 11 is 7.23. The number of hydrogen-bond acceptors (Lipinski definition) is 5. The van der Waals surface area contributed by atoms with E-state index in [2.05, 4.69) is 10.3 Å². The smallest absolute Gasteiger partial charge is 0.243 e. The average Bonchev–Trinajstić information content (AvgIpc) is 3.08. The second-order valence-corrected chi connectivity index (χ2v) is 9.07. The van der Waals surface area contributed by atoms with Crippen molar-refractivity contribution in [3.63, 3.8) is 0 Å². The van der Waals surface area contributed by atoms with Crippen molar-refractivity contribution in [2.45, 2.75) is 24.2 Å². The Labute approximate surface area is 149 Å². The highest BCUT2D eigenvalue weighted by Gasteiger charge is 2.24. The Morgan fingerprint density at radius 1 is 1.33 bits per heavy atom. The van der Waals surface area contributed by atoms with Crippen molar-refractivity contribution in [3.8, 4) is 0 Å². The molecule has 0 fully saturated rings. The summed E-state index contributed by atoms with van der Waals surface area (Å²) in [5.74, 6) is -0.414. The summed E-state index contributed by atoms with van der Waals surface area (Å²) in [6, 6.07) is 5.83.